The highest BCUT2D eigenvalue weighted by Gasteiger charge is 2.50. The van der Waals surface area contributed by atoms with Crippen molar-refractivity contribution in [3.63, 3.8) is 0 Å². The Kier molecular flexibility index (Phi) is 8.04. The number of benzene rings is 3. The molecule has 12 heteroatoms. The summed E-state index contributed by atoms with van der Waals surface area (Å²) in [4.78, 5) is 26.7. The van der Waals surface area contributed by atoms with Crippen LogP contribution in [0.15, 0.2) is 71.6 Å². The van der Waals surface area contributed by atoms with Gasteiger partial charge in [-0.2, -0.15) is 13.1 Å². The number of nitrogens with zero attached hydrogens (tertiary/aromatic N) is 2. The van der Waals surface area contributed by atoms with Crippen LogP contribution < -0.4 is 5.32 Å². The topological polar surface area (TPSA) is 86.8 Å². The number of rotatable bonds is 6. The van der Waals surface area contributed by atoms with E-state index in [2.05, 4.69) is 5.32 Å². The number of sulfonamides is 1. The zero-order valence-electron chi connectivity index (χ0n) is 21.9. The third kappa shape index (κ3) is 5.59. The van der Waals surface area contributed by atoms with Crippen molar-refractivity contribution in [3.8, 4) is 0 Å². The number of hydrogen-bond donors (Lipinski definition) is 1. The molecule has 0 aromatic heterocycles. The maximum atomic E-state index is 15.6. The number of carbonyl (C=O) groups is 2. The number of anilines is 1. The van der Waals surface area contributed by atoms with Gasteiger partial charge in [0.2, 0.25) is 10.0 Å². The SMILES string of the molecule is Cc1cc(NC(=O)c2ccc(F)c(C(F)(F)C(=O)N3[C@H](C)CN(S(=O)(=O)c4ccccc4)C[C@@H]3C)c2)ccc1F. The van der Waals surface area contributed by atoms with Gasteiger partial charge < -0.3 is 10.2 Å². The molecule has 4 rings (SSSR count). The Bertz CT molecular complexity index is 1540. The van der Waals surface area contributed by atoms with Crippen LogP contribution in [0.1, 0.15) is 35.3 Å². The van der Waals surface area contributed by atoms with Gasteiger partial charge >= 0.3 is 5.92 Å². The standard InChI is InChI=1S/C28H27F4N3O4S/c1-17-13-21(10-12-24(17)29)33-26(36)20-9-11-25(30)23(14-20)28(31,32)27(37)35-18(2)15-34(16-19(35)3)40(38,39)22-7-5-4-6-8-22/h4-14,18-19H,15-16H2,1-3H3,(H,33,36)/t18-,19+. The number of alkyl halides is 2. The monoisotopic (exact) mass is 577 g/mol. The average Bonchev–Trinajstić information content (AvgIpc) is 2.90. The summed E-state index contributed by atoms with van der Waals surface area (Å²) in [5, 5.41) is 2.43. The minimum absolute atomic E-state index is 0.0347. The molecule has 1 heterocycles. The van der Waals surface area contributed by atoms with Crippen molar-refractivity contribution in [3.05, 3.63) is 95.1 Å². The molecule has 0 aliphatic carbocycles. The van der Waals surface area contributed by atoms with Crippen LogP contribution in [0.25, 0.3) is 0 Å². The van der Waals surface area contributed by atoms with Gasteiger partial charge in [0.15, 0.2) is 0 Å². The molecule has 212 valence electrons. The van der Waals surface area contributed by atoms with Gasteiger partial charge in [0, 0.05) is 36.4 Å². The second kappa shape index (κ2) is 11.0. The lowest BCUT2D eigenvalue weighted by Crippen LogP contribution is -2.62. The zero-order valence-corrected chi connectivity index (χ0v) is 22.7. The first kappa shape index (κ1) is 29.2. The normalized spacial score (nSPS) is 18.4. The number of hydrogen-bond acceptors (Lipinski definition) is 4. The van der Waals surface area contributed by atoms with Gasteiger partial charge in [-0.05, 0) is 74.9 Å². The van der Waals surface area contributed by atoms with Crippen molar-refractivity contribution in [1.29, 1.82) is 0 Å². The van der Waals surface area contributed by atoms with Crippen LogP contribution in [-0.2, 0) is 20.7 Å². The maximum Gasteiger partial charge on any atom is 0.352 e. The third-order valence-corrected chi connectivity index (χ3v) is 8.60. The first-order valence-corrected chi connectivity index (χ1v) is 13.8. The predicted octanol–water partition coefficient (Wildman–Crippen LogP) is 4.93. The molecule has 1 saturated heterocycles. The fraction of sp³-hybridized carbons (Fsp3) is 0.286. The van der Waals surface area contributed by atoms with Crippen LogP contribution in [-0.4, -0.2) is 54.6 Å². The van der Waals surface area contributed by atoms with E-state index in [1.54, 1.807) is 18.2 Å². The van der Waals surface area contributed by atoms with Gasteiger partial charge in [0.05, 0.1) is 10.5 Å². The molecule has 3 aromatic carbocycles. The van der Waals surface area contributed by atoms with Gasteiger partial charge in [0.1, 0.15) is 11.6 Å². The van der Waals surface area contributed by atoms with E-state index in [0.29, 0.717) is 12.1 Å². The molecule has 1 aliphatic rings. The van der Waals surface area contributed by atoms with E-state index in [4.69, 9.17) is 0 Å². The van der Waals surface area contributed by atoms with E-state index in [1.165, 1.54) is 45.0 Å². The number of nitrogens with one attached hydrogen (secondary N) is 1. The van der Waals surface area contributed by atoms with Crippen LogP contribution in [0.2, 0.25) is 0 Å². The molecular formula is C28H27F4N3O4S. The Morgan fingerprint density at radius 2 is 1.50 bits per heavy atom. The molecule has 3 aromatic rings. The smallest absolute Gasteiger partial charge is 0.329 e. The van der Waals surface area contributed by atoms with Crippen LogP contribution in [0.4, 0.5) is 23.2 Å². The Balaban J connectivity index is 1.56. The van der Waals surface area contributed by atoms with Gasteiger partial charge in [-0.3, -0.25) is 9.59 Å². The molecule has 40 heavy (non-hydrogen) atoms. The predicted molar refractivity (Wildman–Crippen MR) is 140 cm³/mol. The highest BCUT2D eigenvalue weighted by molar-refractivity contribution is 7.89. The van der Waals surface area contributed by atoms with Gasteiger partial charge in [-0.15, -0.1) is 0 Å². The minimum atomic E-state index is -4.37. The Hall–Kier alpha value is -3.77. The highest BCUT2D eigenvalue weighted by Crippen LogP contribution is 2.36. The van der Waals surface area contributed by atoms with Crippen molar-refractivity contribution in [2.24, 2.45) is 0 Å². The fourth-order valence-electron chi connectivity index (χ4n) is 4.72. The summed E-state index contributed by atoms with van der Waals surface area (Å²) in [6.45, 7) is 3.85. The Labute approximate surface area is 229 Å². The summed E-state index contributed by atoms with van der Waals surface area (Å²) in [5.41, 5.74) is -1.19. The summed E-state index contributed by atoms with van der Waals surface area (Å²) < 4.78 is 86.6. The number of piperazine rings is 1. The molecule has 1 N–H and O–H groups in total. The molecule has 2 amide bonds. The molecule has 1 aliphatic heterocycles. The van der Waals surface area contributed by atoms with Crippen LogP contribution in [0, 0.1) is 18.6 Å². The largest absolute Gasteiger partial charge is 0.352 e. The summed E-state index contributed by atoms with van der Waals surface area (Å²) in [6, 6.07) is 11.7. The second-order valence-corrected chi connectivity index (χ2v) is 11.7. The van der Waals surface area contributed by atoms with Gasteiger partial charge in [-0.25, -0.2) is 17.2 Å². The number of halogens is 4. The Morgan fingerprint density at radius 1 is 0.900 bits per heavy atom. The van der Waals surface area contributed by atoms with Crippen LogP contribution >= 0.6 is 0 Å². The Morgan fingerprint density at radius 3 is 2.10 bits per heavy atom. The highest BCUT2D eigenvalue weighted by atomic mass is 32.2. The first-order chi connectivity index (χ1) is 18.7. The van der Waals surface area contributed by atoms with Gasteiger partial charge in [0.25, 0.3) is 11.8 Å². The molecule has 0 saturated carbocycles. The summed E-state index contributed by atoms with van der Waals surface area (Å²) in [5.74, 6) is -8.83. The van der Waals surface area contributed by atoms with Crippen molar-refractivity contribution < 1.29 is 35.6 Å². The fourth-order valence-corrected chi connectivity index (χ4v) is 6.35. The third-order valence-electron chi connectivity index (χ3n) is 6.75. The van der Waals surface area contributed by atoms with E-state index in [1.807, 2.05) is 0 Å². The molecule has 0 bridgehead atoms. The average molecular weight is 578 g/mol. The van der Waals surface area contributed by atoms with Crippen molar-refractivity contribution >= 4 is 27.5 Å². The van der Waals surface area contributed by atoms with Crippen molar-refractivity contribution in [2.75, 3.05) is 18.4 Å². The van der Waals surface area contributed by atoms with Crippen LogP contribution in [0.3, 0.4) is 0 Å². The number of carbonyl (C=O) groups excluding carboxylic acids is 2. The summed E-state index contributed by atoms with van der Waals surface area (Å²) >= 11 is 0. The van der Waals surface area contributed by atoms with E-state index >= 15 is 8.78 Å². The van der Waals surface area contributed by atoms with E-state index in [0.717, 1.165) is 21.3 Å². The summed E-state index contributed by atoms with van der Waals surface area (Å²) in [6.07, 6.45) is 0. The lowest BCUT2D eigenvalue weighted by Gasteiger charge is -2.44. The molecule has 2 atom stereocenters. The molecule has 0 spiro atoms. The number of amides is 2. The number of aryl methyl sites for hydroxylation is 1. The van der Waals surface area contributed by atoms with E-state index in [9.17, 15) is 26.8 Å². The van der Waals surface area contributed by atoms with Crippen molar-refractivity contribution in [2.45, 2.75) is 43.7 Å². The van der Waals surface area contributed by atoms with Crippen molar-refractivity contribution in [1.82, 2.24) is 9.21 Å². The van der Waals surface area contributed by atoms with Crippen LogP contribution in [0.5, 0.6) is 0 Å². The molecule has 1 fully saturated rings. The lowest BCUT2D eigenvalue weighted by atomic mass is 10.0. The lowest BCUT2D eigenvalue weighted by molar-refractivity contribution is -0.166. The molecular weight excluding hydrogens is 550 g/mol. The van der Waals surface area contributed by atoms with Gasteiger partial charge in [-0.1, -0.05) is 18.2 Å². The van der Waals surface area contributed by atoms with E-state index < -0.39 is 57.0 Å². The first-order valence-electron chi connectivity index (χ1n) is 12.4. The zero-order chi connectivity index (χ0) is 29.4. The maximum absolute atomic E-state index is 15.6. The van der Waals surface area contributed by atoms with E-state index in [-0.39, 0.29) is 34.8 Å². The second-order valence-electron chi connectivity index (χ2n) is 9.73. The molecule has 7 nitrogen and oxygen atoms in total. The summed E-state index contributed by atoms with van der Waals surface area (Å²) in [7, 11) is -3.93. The quantitative estimate of drug-likeness (QED) is 0.421. The molecule has 0 radical (unpaired) electrons. The minimum Gasteiger partial charge on any atom is -0.329 e. The molecule has 0 unspecified atom stereocenters.